The molecule has 0 aliphatic rings. The summed E-state index contributed by atoms with van der Waals surface area (Å²) < 4.78 is 0. The van der Waals surface area contributed by atoms with Crippen LogP contribution in [0.4, 0.5) is 11.4 Å². The summed E-state index contributed by atoms with van der Waals surface area (Å²) in [4.78, 5) is 27.8. The van der Waals surface area contributed by atoms with Crippen molar-refractivity contribution in [2.75, 3.05) is 0 Å². The monoisotopic (exact) mass is 250 g/mol. The summed E-state index contributed by atoms with van der Waals surface area (Å²) >= 11 is 0. The lowest BCUT2D eigenvalue weighted by Crippen LogP contribution is -1.88. The van der Waals surface area contributed by atoms with Gasteiger partial charge in [0.2, 0.25) is 12.2 Å². The molecular weight excluding hydrogens is 240 g/mol. The molecule has 0 aliphatic carbocycles. The fourth-order valence-corrected chi connectivity index (χ4v) is 1.79. The molecule has 2 aromatic carbocycles. The van der Waals surface area contributed by atoms with Crippen molar-refractivity contribution in [2.24, 2.45) is 9.98 Å². The Hall–Kier alpha value is -2.80. The highest BCUT2D eigenvalue weighted by molar-refractivity contribution is 5.62. The topological polar surface area (TPSA) is 58.9 Å². The number of isocyanates is 2. The molecule has 2 rings (SSSR count). The predicted octanol–water partition coefficient (Wildman–Crippen LogP) is 3.21. The zero-order valence-corrected chi connectivity index (χ0v) is 10.0. The molecular formula is C15H10N2O2. The van der Waals surface area contributed by atoms with E-state index in [1.165, 1.54) is 12.2 Å². The number of hydrogen-bond acceptors (Lipinski definition) is 4. The fourth-order valence-electron chi connectivity index (χ4n) is 1.79. The molecule has 0 saturated carbocycles. The Labute approximate surface area is 110 Å². The summed E-state index contributed by atoms with van der Waals surface area (Å²) in [5, 5.41) is 0. The molecule has 0 fully saturated rings. The third kappa shape index (κ3) is 3.33. The van der Waals surface area contributed by atoms with Gasteiger partial charge in [-0.1, -0.05) is 36.4 Å². The summed E-state index contributed by atoms with van der Waals surface area (Å²) in [5.74, 6) is 0. The van der Waals surface area contributed by atoms with Crippen LogP contribution in [-0.2, 0) is 16.0 Å². The zero-order valence-electron chi connectivity index (χ0n) is 10.0. The summed E-state index contributed by atoms with van der Waals surface area (Å²) in [6, 6.07) is 14.9. The average Bonchev–Trinajstić information content (AvgIpc) is 2.43. The predicted molar refractivity (Wildman–Crippen MR) is 71.3 cm³/mol. The van der Waals surface area contributed by atoms with Gasteiger partial charge in [-0.3, -0.25) is 0 Å². The molecule has 92 valence electrons. The van der Waals surface area contributed by atoms with E-state index in [4.69, 9.17) is 0 Å². The van der Waals surface area contributed by atoms with Crippen LogP contribution in [0.3, 0.4) is 0 Å². The van der Waals surface area contributed by atoms with Crippen LogP contribution in [-0.4, -0.2) is 12.2 Å². The Balaban J connectivity index is 2.39. The lowest BCUT2D eigenvalue weighted by Gasteiger charge is -2.05. The van der Waals surface area contributed by atoms with E-state index in [1.807, 2.05) is 30.3 Å². The molecule has 0 spiro atoms. The molecule has 0 N–H and O–H groups in total. The summed E-state index contributed by atoms with van der Waals surface area (Å²) in [7, 11) is 0. The average molecular weight is 250 g/mol. The van der Waals surface area contributed by atoms with Crippen molar-refractivity contribution in [3.63, 3.8) is 0 Å². The Bertz CT molecular complexity index is 668. The van der Waals surface area contributed by atoms with Gasteiger partial charge < -0.3 is 0 Å². The van der Waals surface area contributed by atoms with E-state index in [0.29, 0.717) is 17.8 Å². The zero-order chi connectivity index (χ0) is 13.5. The molecule has 0 atom stereocenters. The van der Waals surface area contributed by atoms with Crippen LogP contribution in [0.5, 0.6) is 0 Å². The molecule has 2 aromatic rings. The molecule has 0 amide bonds. The van der Waals surface area contributed by atoms with Gasteiger partial charge >= 0.3 is 0 Å². The lowest BCUT2D eigenvalue weighted by molar-refractivity contribution is 0.565. The highest BCUT2D eigenvalue weighted by Gasteiger charge is 2.04. The second-order valence-corrected chi connectivity index (χ2v) is 3.88. The van der Waals surface area contributed by atoms with E-state index in [1.54, 1.807) is 18.2 Å². The highest BCUT2D eigenvalue weighted by Crippen LogP contribution is 2.27. The number of benzene rings is 2. The van der Waals surface area contributed by atoms with E-state index in [2.05, 4.69) is 9.98 Å². The van der Waals surface area contributed by atoms with Crippen molar-refractivity contribution in [1.29, 1.82) is 0 Å². The fraction of sp³-hybridized carbons (Fsp3) is 0.0667. The summed E-state index contributed by atoms with van der Waals surface area (Å²) in [6.07, 6.45) is 3.62. The van der Waals surface area contributed by atoms with Crippen LogP contribution in [0.25, 0.3) is 0 Å². The van der Waals surface area contributed by atoms with Gasteiger partial charge in [-0.2, -0.15) is 9.98 Å². The van der Waals surface area contributed by atoms with E-state index in [0.717, 1.165) is 11.1 Å². The molecule has 0 heterocycles. The number of nitrogens with zero attached hydrogens (tertiary/aromatic N) is 2. The Morgan fingerprint density at radius 1 is 0.895 bits per heavy atom. The quantitative estimate of drug-likeness (QED) is 0.618. The maximum Gasteiger partial charge on any atom is 0.240 e. The smallest absolute Gasteiger partial charge is 0.211 e. The minimum Gasteiger partial charge on any atom is -0.211 e. The second-order valence-electron chi connectivity index (χ2n) is 3.88. The van der Waals surface area contributed by atoms with Gasteiger partial charge in [-0.25, -0.2) is 9.59 Å². The Kier molecular flexibility index (Phi) is 4.14. The van der Waals surface area contributed by atoms with Crippen molar-refractivity contribution >= 4 is 23.5 Å². The lowest BCUT2D eigenvalue weighted by atomic mass is 10.0. The largest absolute Gasteiger partial charge is 0.240 e. The standard InChI is InChI=1S/C15H10N2O2/c18-10-16-14-7-6-13(15(9-14)17-11-19)8-12-4-2-1-3-5-12/h1-7,9H,8H2. The van der Waals surface area contributed by atoms with Gasteiger partial charge in [0, 0.05) is 0 Å². The first-order chi connectivity index (χ1) is 9.33. The first-order valence-electron chi connectivity index (χ1n) is 5.66. The number of rotatable bonds is 4. The number of hydrogen-bond donors (Lipinski definition) is 0. The van der Waals surface area contributed by atoms with Crippen molar-refractivity contribution in [1.82, 2.24) is 0 Å². The van der Waals surface area contributed by atoms with E-state index < -0.39 is 0 Å². The van der Waals surface area contributed by atoms with Crippen LogP contribution in [0, 0.1) is 0 Å². The third-order valence-electron chi connectivity index (χ3n) is 2.65. The first-order valence-corrected chi connectivity index (χ1v) is 5.66. The van der Waals surface area contributed by atoms with Crippen LogP contribution in [0.15, 0.2) is 58.5 Å². The van der Waals surface area contributed by atoms with Crippen LogP contribution < -0.4 is 0 Å². The second kappa shape index (κ2) is 6.22. The third-order valence-corrected chi connectivity index (χ3v) is 2.65. The normalized spacial score (nSPS) is 9.26. The molecule has 19 heavy (non-hydrogen) atoms. The maximum absolute atomic E-state index is 10.4. The highest BCUT2D eigenvalue weighted by atomic mass is 16.1. The van der Waals surface area contributed by atoms with E-state index >= 15 is 0 Å². The SMILES string of the molecule is O=C=Nc1ccc(Cc2ccccc2)c(N=C=O)c1. The van der Waals surface area contributed by atoms with Gasteiger partial charge in [0.1, 0.15) is 0 Å². The summed E-state index contributed by atoms with van der Waals surface area (Å²) in [5.41, 5.74) is 2.87. The van der Waals surface area contributed by atoms with Gasteiger partial charge in [0.25, 0.3) is 0 Å². The van der Waals surface area contributed by atoms with Gasteiger partial charge in [0.05, 0.1) is 11.4 Å². The molecule has 0 unspecified atom stereocenters. The molecule has 0 aliphatic heterocycles. The minimum atomic E-state index is 0.417. The molecule has 0 radical (unpaired) electrons. The number of aliphatic imine (C=N–C) groups is 2. The summed E-state index contributed by atoms with van der Waals surface area (Å²) in [6.45, 7) is 0. The van der Waals surface area contributed by atoms with Crippen LogP contribution >= 0.6 is 0 Å². The van der Waals surface area contributed by atoms with Crippen molar-refractivity contribution in [3.05, 3.63) is 59.7 Å². The van der Waals surface area contributed by atoms with Crippen molar-refractivity contribution in [3.8, 4) is 0 Å². The van der Waals surface area contributed by atoms with Crippen LogP contribution in [0.2, 0.25) is 0 Å². The molecule has 0 aromatic heterocycles. The Morgan fingerprint density at radius 2 is 1.63 bits per heavy atom. The van der Waals surface area contributed by atoms with E-state index in [9.17, 15) is 9.59 Å². The van der Waals surface area contributed by atoms with Gasteiger partial charge in [-0.15, -0.1) is 0 Å². The van der Waals surface area contributed by atoms with E-state index in [-0.39, 0.29) is 0 Å². The molecule has 0 saturated heterocycles. The molecule has 4 heteroatoms. The number of carbonyl (C=O) groups excluding carboxylic acids is 2. The van der Waals surface area contributed by atoms with Gasteiger partial charge in [-0.05, 0) is 29.7 Å². The van der Waals surface area contributed by atoms with Gasteiger partial charge in [0.15, 0.2) is 0 Å². The first kappa shape index (κ1) is 12.7. The minimum absolute atomic E-state index is 0.417. The van der Waals surface area contributed by atoms with Crippen molar-refractivity contribution < 1.29 is 9.59 Å². The van der Waals surface area contributed by atoms with Crippen molar-refractivity contribution in [2.45, 2.75) is 6.42 Å². The van der Waals surface area contributed by atoms with Crippen LogP contribution in [0.1, 0.15) is 11.1 Å². The maximum atomic E-state index is 10.4. The Morgan fingerprint density at radius 3 is 2.32 bits per heavy atom. The molecule has 4 nitrogen and oxygen atoms in total. The molecule has 0 bridgehead atoms.